The number of hydrazone groups is 1. The van der Waals surface area contributed by atoms with Gasteiger partial charge < -0.3 is 14.8 Å². The van der Waals surface area contributed by atoms with Crippen molar-refractivity contribution >= 4 is 18.0 Å². The number of nitrogens with zero attached hydrogens (tertiary/aromatic N) is 1. The number of amides is 2. The van der Waals surface area contributed by atoms with Crippen LogP contribution in [0, 0.1) is 0 Å². The second kappa shape index (κ2) is 9.83. The van der Waals surface area contributed by atoms with Crippen molar-refractivity contribution in [2.24, 2.45) is 5.10 Å². The molecule has 2 N–H and O–H groups in total. The van der Waals surface area contributed by atoms with Gasteiger partial charge in [-0.1, -0.05) is 36.4 Å². The van der Waals surface area contributed by atoms with Crippen LogP contribution in [0.3, 0.4) is 0 Å². The molecule has 0 aliphatic heterocycles. The second-order valence-electron chi connectivity index (χ2n) is 5.31. The molecule has 0 heterocycles. The van der Waals surface area contributed by atoms with E-state index < -0.39 is 11.8 Å². The van der Waals surface area contributed by atoms with E-state index in [1.54, 1.807) is 20.3 Å². The maximum absolute atomic E-state index is 11.8. The van der Waals surface area contributed by atoms with Gasteiger partial charge in [-0.05, 0) is 29.7 Å². The zero-order valence-corrected chi connectivity index (χ0v) is 14.7. The Morgan fingerprint density at radius 2 is 1.73 bits per heavy atom. The van der Waals surface area contributed by atoms with Crippen LogP contribution in [0.5, 0.6) is 11.5 Å². The normalized spacial score (nSPS) is 10.4. The molecule has 0 fully saturated rings. The Morgan fingerprint density at radius 3 is 2.42 bits per heavy atom. The molecule has 2 rings (SSSR count). The van der Waals surface area contributed by atoms with E-state index in [0.717, 1.165) is 11.1 Å². The number of ether oxygens (including phenoxy) is 2. The lowest BCUT2D eigenvalue weighted by Crippen LogP contribution is -2.38. The molecule has 0 radical (unpaired) electrons. The number of nitrogens with one attached hydrogen (secondary N) is 2. The fraction of sp³-hybridized carbons (Fsp3) is 0.211. The van der Waals surface area contributed by atoms with E-state index in [-0.39, 0.29) is 0 Å². The van der Waals surface area contributed by atoms with Gasteiger partial charge in [0.1, 0.15) is 0 Å². The zero-order chi connectivity index (χ0) is 18.8. The highest BCUT2D eigenvalue weighted by Gasteiger charge is 2.12. The summed E-state index contributed by atoms with van der Waals surface area (Å²) in [5, 5.41) is 6.30. The van der Waals surface area contributed by atoms with Crippen LogP contribution in [0.4, 0.5) is 0 Å². The van der Waals surface area contributed by atoms with E-state index in [4.69, 9.17) is 9.47 Å². The minimum absolute atomic E-state index is 0.310. The van der Waals surface area contributed by atoms with Gasteiger partial charge in [-0.3, -0.25) is 9.59 Å². The van der Waals surface area contributed by atoms with E-state index in [1.165, 1.54) is 6.21 Å². The molecule has 26 heavy (non-hydrogen) atoms. The van der Waals surface area contributed by atoms with Gasteiger partial charge in [-0.2, -0.15) is 5.10 Å². The Bertz CT molecular complexity index is 776. The largest absolute Gasteiger partial charge is 0.493 e. The van der Waals surface area contributed by atoms with Crippen LogP contribution in [-0.4, -0.2) is 38.8 Å². The van der Waals surface area contributed by atoms with Crippen LogP contribution in [0.25, 0.3) is 0 Å². The first-order valence-electron chi connectivity index (χ1n) is 8.01. The van der Waals surface area contributed by atoms with Gasteiger partial charge in [0.2, 0.25) is 0 Å². The van der Waals surface area contributed by atoms with Crippen LogP contribution in [0.1, 0.15) is 11.1 Å². The molecule has 0 bridgehead atoms. The van der Waals surface area contributed by atoms with Gasteiger partial charge in [0.05, 0.1) is 20.4 Å². The van der Waals surface area contributed by atoms with E-state index in [0.29, 0.717) is 24.5 Å². The number of rotatable bonds is 7. The van der Waals surface area contributed by atoms with Crippen LogP contribution in [0.15, 0.2) is 53.6 Å². The first-order chi connectivity index (χ1) is 12.6. The second-order valence-corrected chi connectivity index (χ2v) is 5.31. The summed E-state index contributed by atoms with van der Waals surface area (Å²) in [4.78, 5) is 23.4. The van der Waals surface area contributed by atoms with Crippen molar-refractivity contribution < 1.29 is 19.1 Å². The van der Waals surface area contributed by atoms with E-state index in [1.807, 2.05) is 42.5 Å². The predicted molar refractivity (Wildman–Crippen MR) is 98.4 cm³/mol. The van der Waals surface area contributed by atoms with Gasteiger partial charge in [0.25, 0.3) is 0 Å². The van der Waals surface area contributed by atoms with Crippen molar-refractivity contribution in [3.8, 4) is 11.5 Å². The van der Waals surface area contributed by atoms with Crippen molar-refractivity contribution in [3.05, 3.63) is 59.7 Å². The molecule has 0 atom stereocenters. The lowest BCUT2D eigenvalue weighted by atomic mass is 10.1. The fourth-order valence-electron chi connectivity index (χ4n) is 2.19. The van der Waals surface area contributed by atoms with E-state index in [2.05, 4.69) is 15.8 Å². The van der Waals surface area contributed by atoms with Crippen LogP contribution < -0.4 is 20.2 Å². The maximum atomic E-state index is 11.8. The average molecular weight is 355 g/mol. The topological polar surface area (TPSA) is 89.0 Å². The third-order valence-electron chi connectivity index (χ3n) is 3.53. The number of methoxy groups -OCH3 is 2. The first-order valence-corrected chi connectivity index (χ1v) is 8.01. The Hall–Kier alpha value is -3.35. The molecule has 2 aromatic rings. The SMILES string of the molecule is COc1ccc(CCNC(=O)C(=O)N/N=C/c2ccccc2)cc1OC. The van der Waals surface area contributed by atoms with Gasteiger partial charge in [-0.15, -0.1) is 0 Å². The molecule has 136 valence electrons. The minimum atomic E-state index is -0.815. The summed E-state index contributed by atoms with van der Waals surface area (Å²) in [6.07, 6.45) is 2.02. The third kappa shape index (κ3) is 5.62. The molecule has 0 unspecified atom stereocenters. The predicted octanol–water partition coefficient (Wildman–Crippen LogP) is 1.51. The third-order valence-corrected chi connectivity index (χ3v) is 3.53. The molecular weight excluding hydrogens is 334 g/mol. The lowest BCUT2D eigenvalue weighted by molar-refractivity contribution is -0.139. The standard InChI is InChI=1S/C19H21N3O4/c1-25-16-9-8-14(12-17(16)26-2)10-11-20-18(23)19(24)22-21-13-15-6-4-3-5-7-15/h3-9,12-13H,10-11H2,1-2H3,(H,20,23)(H,22,24)/b21-13+. The Labute approximate surface area is 152 Å². The number of benzene rings is 2. The molecule has 0 saturated heterocycles. The summed E-state index contributed by atoms with van der Waals surface area (Å²) < 4.78 is 10.4. The fourth-order valence-corrected chi connectivity index (χ4v) is 2.19. The summed E-state index contributed by atoms with van der Waals surface area (Å²) in [6.45, 7) is 0.310. The Morgan fingerprint density at radius 1 is 1.00 bits per heavy atom. The van der Waals surface area contributed by atoms with Crippen LogP contribution in [-0.2, 0) is 16.0 Å². The number of carbonyl (C=O) groups is 2. The molecule has 0 aliphatic rings. The van der Waals surface area contributed by atoms with Gasteiger partial charge in [-0.25, -0.2) is 5.43 Å². The lowest BCUT2D eigenvalue weighted by Gasteiger charge is -2.09. The molecule has 0 saturated carbocycles. The molecule has 0 aromatic heterocycles. The van der Waals surface area contributed by atoms with Crippen molar-refractivity contribution in [3.63, 3.8) is 0 Å². The molecule has 7 heteroatoms. The summed E-state index contributed by atoms with van der Waals surface area (Å²) in [6, 6.07) is 14.7. The van der Waals surface area contributed by atoms with Gasteiger partial charge in [0.15, 0.2) is 11.5 Å². The van der Waals surface area contributed by atoms with Crippen molar-refractivity contribution in [1.29, 1.82) is 0 Å². The summed E-state index contributed by atoms with van der Waals surface area (Å²) in [5.41, 5.74) is 3.97. The average Bonchev–Trinajstić information content (AvgIpc) is 2.68. The molecule has 0 aliphatic carbocycles. The monoisotopic (exact) mass is 355 g/mol. The summed E-state index contributed by atoms with van der Waals surface area (Å²) in [5.74, 6) is -0.305. The number of hydrogen-bond acceptors (Lipinski definition) is 5. The summed E-state index contributed by atoms with van der Waals surface area (Å²) >= 11 is 0. The Kier molecular flexibility index (Phi) is 7.17. The van der Waals surface area contributed by atoms with Crippen molar-refractivity contribution in [2.45, 2.75) is 6.42 Å². The molecule has 2 amide bonds. The van der Waals surface area contributed by atoms with Crippen LogP contribution >= 0.6 is 0 Å². The van der Waals surface area contributed by atoms with Gasteiger partial charge >= 0.3 is 11.8 Å². The van der Waals surface area contributed by atoms with Crippen molar-refractivity contribution in [1.82, 2.24) is 10.7 Å². The zero-order valence-electron chi connectivity index (χ0n) is 14.7. The highest BCUT2D eigenvalue weighted by Crippen LogP contribution is 2.27. The number of hydrogen-bond donors (Lipinski definition) is 2. The highest BCUT2D eigenvalue weighted by molar-refractivity contribution is 6.35. The summed E-state index contributed by atoms with van der Waals surface area (Å²) in [7, 11) is 3.13. The minimum Gasteiger partial charge on any atom is -0.493 e. The molecule has 7 nitrogen and oxygen atoms in total. The molecular formula is C19H21N3O4. The molecule has 2 aromatic carbocycles. The number of carbonyl (C=O) groups excluding carboxylic acids is 2. The molecule has 0 spiro atoms. The van der Waals surface area contributed by atoms with Crippen molar-refractivity contribution in [2.75, 3.05) is 20.8 Å². The Balaban J connectivity index is 1.77. The van der Waals surface area contributed by atoms with E-state index >= 15 is 0 Å². The van der Waals surface area contributed by atoms with Crippen LogP contribution in [0.2, 0.25) is 0 Å². The van der Waals surface area contributed by atoms with E-state index in [9.17, 15) is 9.59 Å². The first kappa shape index (κ1) is 19.0. The maximum Gasteiger partial charge on any atom is 0.329 e. The van der Waals surface area contributed by atoms with Gasteiger partial charge in [0, 0.05) is 6.54 Å². The quantitative estimate of drug-likeness (QED) is 0.448. The smallest absolute Gasteiger partial charge is 0.329 e. The highest BCUT2D eigenvalue weighted by atomic mass is 16.5.